The maximum atomic E-state index is 12.7. The molecule has 5 rings (SSSR count). The van der Waals surface area contributed by atoms with E-state index in [0.717, 1.165) is 5.56 Å². The molecule has 0 spiro atoms. The molecular weight excluding hydrogens is 472 g/mol. The summed E-state index contributed by atoms with van der Waals surface area (Å²) < 4.78 is 21.4. The Labute approximate surface area is 203 Å². The van der Waals surface area contributed by atoms with Crippen LogP contribution in [-0.4, -0.2) is 12.6 Å². The van der Waals surface area contributed by atoms with E-state index < -0.39 is 17.2 Å². The summed E-state index contributed by atoms with van der Waals surface area (Å²) in [5.41, 5.74) is 0.710. The van der Waals surface area contributed by atoms with Crippen LogP contribution < -0.4 is 16.0 Å². The smallest absolute Gasteiger partial charge is 0.344 e. The van der Waals surface area contributed by atoms with Gasteiger partial charge in [0.15, 0.2) is 6.61 Å². The molecule has 8 heteroatoms. The van der Waals surface area contributed by atoms with E-state index in [9.17, 15) is 14.4 Å². The topological polar surface area (TPSA) is 96.0 Å². The molecule has 0 saturated carbocycles. The molecule has 0 atom stereocenters. The van der Waals surface area contributed by atoms with Gasteiger partial charge < -0.3 is 18.3 Å². The van der Waals surface area contributed by atoms with Crippen molar-refractivity contribution in [1.82, 2.24) is 0 Å². The van der Waals surface area contributed by atoms with Crippen molar-refractivity contribution in [3.63, 3.8) is 0 Å². The van der Waals surface area contributed by atoms with E-state index in [1.807, 2.05) is 30.3 Å². The Hall–Kier alpha value is -4.36. The molecule has 0 radical (unpaired) electrons. The predicted molar refractivity (Wildman–Crippen MR) is 131 cm³/mol. The molecule has 174 valence electrons. The lowest BCUT2D eigenvalue weighted by Crippen LogP contribution is -2.14. The Balaban J connectivity index is 1.41. The number of hydrogen-bond donors (Lipinski definition) is 0. The summed E-state index contributed by atoms with van der Waals surface area (Å²) in [4.78, 5) is 37.0. The molecule has 0 saturated heterocycles. The van der Waals surface area contributed by atoms with Gasteiger partial charge in [0.1, 0.15) is 23.5 Å². The van der Waals surface area contributed by atoms with Crippen LogP contribution in [0.3, 0.4) is 0 Å². The SMILES string of the molecule is O=C(COc1ccc2c(-c3cc4cc(Cl)ccc4oc3=O)cc(=O)oc2c1)OCc1ccccc1. The van der Waals surface area contributed by atoms with Gasteiger partial charge in [-0.05, 0) is 42.0 Å². The first-order valence-corrected chi connectivity index (χ1v) is 11.0. The van der Waals surface area contributed by atoms with E-state index in [1.165, 1.54) is 12.1 Å². The molecule has 0 bridgehead atoms. The van der Waals surface area contributed by atoms with Crippen molar-refractivity contribution in [2.75, 3.05) is 6.61 Å². The Morgan fingerprint density at radius 3 is 2.49 bits per heavy atom. The van der Waals surface area contributed by atoms with Gasteiger partial charge in [0.25, 0.3) is 0 Å². The normalized spacial score (nSPS) is 11.0. The molecule has 5 aromatic rings. The number of fused-ring (bicyclic) bond motifs is 2. The molecule has 0 aliphatic carbocycles. The molecule has 3 aromatic carbocycles. The molecule has 0 aliphatic heterocycles. The zero-order valence-corrected chi connectivity index (χ0v) is 18.9. The van der Waals surface area contributed by atoms with Crippen LogP contribution >= 0.6 is 11.6 Å². The lowest BCUT2D eigenvalue weighted by molar-refractivity contribution is -0.147. The highest BCUT2D eigenvalue weighted by molar-refractivity contribution is 6.31. The van der Waals surface area contributed by atoms with Crippen LogP contribution in [0.15, 0.2) is 97.3 Å². The molecule has 0 unspecified atom stereocenters. The summed E-state index contributed by atoms with van der Waals surface area (Å²) >= 11 is 6.07. The lowest BCUT2D eigenvalue weighted by Gasteiger charge is -2.09. The molecule has 0 N–H and O–H groups in total. The highest BCUT2D eigenvalue weighted by Gasteiger charge is 2.15. The van der Waals surface area contributed by atoms with Gasteiger partial charge in [0, 0.05) is 33.5 Å². The van der Waals surface area contributed by atoms with Crippen LogP contribution in [0.4, 0.5) is 0 Å². The second-order valence-electron chi connectivity index (χ2n) is 7.70. The maximum Gasteiger partial charge on any atom is 0.344 e. The molecule has 0 aliphatic rings. The van der Waals surface area contributed by atoms with E-state index >= 15 is 0 Å². The van der Waals surface area contributed by atoms with E-state index in [4.69, 9.17) is 29.9 Å². The van der Waals surface area contributed by atoms with Crippen LogP contribution in [0.2, 0.25) is 5.02 Å². The number of carbonyl (C=O) groups excluding carboxylic acids is 1. The van der Waals surface area contributed by atoms with Gasteiger partial charge in [-0.1, -0.05) is 41.9 Å². The van der Waals surface area contributed by atoms with Gasteiger partial charge in [-0.2, -0.15) is 0 Å². The first-order valence-electron chi connectivity index (χ1n) is 10.6. The number of esters is 1. The summed E-state index contributed by atoms with van der Waals surface area (Å²) in [6.07, 6.45) is 0. The summed E-state index contributed by atoms with van der Waals surface area (Å²) in [5.74, 6) is -0.247. The second kappa shape index (κ2) is 9.48. The fourth-order valence-corrected chi connectivity index (χ4v) is 3.84. The third-order valence-electron chi connectivity index (χ3n) is 5.30. The van der Waals surface area contributed by atoms with Gasteiger partial charge in [0.05, 0.1) is 5.56 Å². The fraction of sp³-hybridized carbons (Fsp3) is 0.0741. The van der Waals surface area contributed by atoms with Crippen molar-refractivity contribution >= 4 is 39.5 Å². The average molecular weight is 489 g/mol. The summed E-state index contributed by atoms with van der Waals surface area (Å²) in [7, 11) is 0. The first kappa shape index (κ1) is 22.4. The van der Waals surface area contributed by atoms with Crippen LogP contribution in [-0.2, 0) is 16.1 Å². The van der Waals surface area contributed by atoms with E-state index in [2.05, 4.69) is 0 Å². The molecule has 7 nitrogen and oxygen atoms in total. The number of halogens is 1. The largest absolute Gasteiger partial charge is 0.482 e. The zero-order valence-electron chi connectivity index (χ0n) is 18.2. The Morgan fingerprint density at radius 2 is 1.66 bits per heavy atom. The summed E-state index contributed by atoms with van der Waals surface area (Å²) in [6.45, 7) is -0.185. The van der Waals surface area contributed by atoms with Crippen molar-refractivity contribution in [1.29, 1.82) is 0 Å². The Kier molecular flexibility index (Phi) is 6.08. The van der Waals surface area contributed by atoms with Crippen molar-refractivity contribution in [2.45, 2.75) is 6.61 Å². The zero-order chi connectivity index (χ0) is 24.4. The number of ether oxygens (including phenoxy) is 2. The average Bonchev–Trinajstić information content (AvgIpc) is 2.86. The summed E-state index contributed by atoms with van der Waals surface area (Å²) in [5, 5.41) is 1.60. The number of benzene rings is 3. The molecule has 0 fully saturated rings. The van der Waals surface area contributed by atoms with Crippen LogP contribution in [0.5, 0.6) is 5.75 Å². The predicted octanol–water partition coefficient (Wildman–Crippen LogP) is 5.34. The molecule has 2 heterocycles. The molecule has 35 heavy (non-hydrogen) atoms. The highest BCUT2D eigenvalue weighted by atomic mass is 35.5. The molecular formula is C27H17ClO7. The monoisotopic (exact) mass is 488 g/mol. The van der Waals surface area contributed by atoms with Gasteiger partial charge in [-0.3, -0.25) is 0 Å². The minimum Gasteiger partial charge on any atom is -0.482 e. The third-order valence-corrected chi connectivity index (χ3v) is 5.53. The van der Waals surface area contributed by atoms with E-state index in [-0.39, 0.29) is 24.4 Å². The molecule has 0 amide bonds. The van der Waals surface area contributed by atoms with Crippen molar-refractivity contribution < 1.29 is 23.1 Å². The van der Waals surface area contributed by atoms with Gasteiger partial charge in [-0.15, -0.1) is 0 Å². The number of carbonyl (C=O) groups is 1. The van der Waals surface area contributed by atoms with Gasteiger partial charge in [0.2, 0.25) is 0 Å². The van der Waals surface area contributed by atoms with Crippen LogP contribution in [0.25, 0.3) is 33.1 Å². The highest BCUT2D eigenvalue weighted by Crippen LogP contribution is 2.30. The number of rotatable bonds is 6. The third kappa shape index (κ3) is 4.95. The summed E-state index contributed by atoms with van der Waals surface area (Å²) in [6, 6.07) is 21.7. The first-order chi connectivity index (χ1) is 17.0. The second-order valence-corrected chi connectivity index (χ2v) is 8.14. The fourth-order valence-electron chi connectivity index (χ4n) is 3.66. The van der Waals surface area contributed by atoms with Crippen LogP contribution in [0.1, 0.15) is 5.56 Å². The minimum atomic E-state index is -0.655. The van der Waals surface area contributed by atoms with Crippen LogP contribution in [0, 0.1) is 0 Å². The van der Waals surface area contributed by atoms with Gasteiger partial charge in [-0.25, -0.2) is 14.4 Å². The molecule has 2 aromatic heterocycles. The minimum absolute atomic E-state index is 0.137. The maximum absolute atomic E-state index is 12.7. The van der Waals surface area contributed by atoms with E-state index in [0.29, 0.717) is 32.7 Å². The Bertz CT molecular complexity index is 1670. The standard InChI is InChI=1S/C27H17ClO7/c28-18-6-9-23-17(10-18)11-22(27(31)35-23)21-13-25(29)34-24-12-19(7-8-20(21)24)32-15-26(30)33-14-16-4-2-1-3-5-16/h1-13H,14-15H2. The van der Waals surface area contributed by atoms with Crippen molar-refractivity contribution in [3.05, 3.63) is 110 Å². The van der Waals surface area contributed by atoms with E-state index in [1.54, 1.807) is 36.4 Å². The van der Waals surface area contributed by atoms with Crippen molar-refractivity contribution in [3.8, 4) is 16.9 Å². The number of hydrogen-bond acceptors (Lipinski definition) is 7. The Morgan fingerprint density at radius 1 is 0.829 bits per heavy atom. The van der Waals surface area contributed by atoms with Crippen molar-refractivity contribution in [2.24, 2.45) is 0 Å². The quantitative estimate of drug-likeness (QED) is 0.235. The lowest BCUT2D eigenvalue weighted by atomic mass is 10.0. The van der Waals surface area contributed by atoms with Gasteiger partial charge >= 0.3 is 17.2 Å².